The lowest BCUT2D eigenvalue weighted by Gasteiger charge is -2.39. The summed E-state index contributed by atoms with van der Waals surface area (Å²) in [4.78, 5) is 37.1. The van der Waals surface area contributed by atoms with Gasteiger partial charge in [-0.25, -0.2) is 14.4 Å². The molecule has 5 unspecified atom stereocenters. The van der Waals surface area contributed by atoms with Crippen LogP contribution in [0.15, 0.2) is 24.3 Å². The lowest BCUT2D eigenvalue weighted by Crippen LogP contribution is -2.61. The number of aromatic carboxylic acids is 1. The number of benzene rings is 2. The van der Waals surface area contributed by atoms with Gasteiger partial charge >= 0.3 is 17.9 Å². The van der Waals surface area contributed by atoms with Crippen molar-refractivity contribution in [2.45, 2.75) is 134 Å². The predicted octanol–water partition coefficient (Wildman–Crippen LogP) is 5.32. The van der Waals surface area contributed by atoms with Gasteiger partial charge in [0.05, 0.1) is 7.11 Å². The van der Waals surface area contributed by atoms with Crippen molar-refractivity contribution in [2.24, 2.45) is 0 Å². The summed E-state index contributed by atoms with van der Waals surface area (Å²) in [5.74, 6) is -5.33. The Morgan fingerprint density at radius 1 is 0.740 bits per heavy atom. The molecule has 0 saturated carbocycles. The molecular formula is C37H52O13. The summed E-state index contributed by atoms with van der Waals surface area (Å²) in [7, 11) is 1.04. The Labute approximate surface area is 292 Å². The highest BCUT2D eigenvalue weighted by Crippen LogP contribution is 2.36. The molecule has 0 amide bonds. The number of esters is 2. The Kier molecular flexibility index (Phi) is 16.3. The number of unbranched alkanes of at least 4 members (excludes halogenated alkanes) is 12. The van der Waals surface area contributed by atoms with E-state index in [2.05, 4.69) is 11.7 Å². The summed E-state index contributed by atoms with van der Waals surface area (Å²) in [5, 5.41) is 61.9. The normalized spacial score (nSPS) is 20.3. The first-order chi connectivity index (χ1) is 23.9. The van der Waals surface area contributed by atoms with E-state index in [1.165, 1.54) is 82.9 Å². The summed E-state index contributed by atoms with van der Waals surface area (Å²) < 4.78 is 21.2. The van der Waals surface area contributed by atoms with Gasteiger partial charge < -0.3 is 49.6 Å². The number of carboxylic acids is 1. The standard InChI is InChI=1S/C37H52O13/c1-4-5-6-7-8-9-10-11-12-13-14-15-16-17-23-19-25(38)29(35(45)48-24-18-22(2)28(34(43)44)26(39)21-24)27(20-23)49-37-32(42)30(40)31(41)33(50-37)36(46)47-3/h18-21,30-33,37-42H,4-17H2,1-3H3,(H,43,44). The maximum atomic E-state index is 13.4. The Bertz CT molecular complexity index is 1400. The Morgan fingerprint density at radius 3 is 1.84 bits per heavy atom. The number of aliphatic hydroxyl groups excluding tert-OH is 3. The number of hydrogen-bond acceptors (Lipinski definition) is 12. The van der Waals surface area contributed by atoms with Crippen molar-refractivity contribution < 1.29 is 64.0 Å². The lowest BCUT2D eigenvalue weighted by molar-refractivity contribution is -0.271. The number of phenolic OH excluding ortho intramolecular Hbond substituents is 1. The van der Waals surface area contributed by atoms with Gasteiger partial charge in [0.25, 0.3) is 0 Å². The van der Waals surface area contributed by atoms with E-state index in [9.17, 15) is 45.0 Å². The van der Waals surface area contributed by atoms with Crippen LogP contribution in [-0.2, 0) is 20.7 Å². The van der Waals surface area contributed by atoms with Gasteiger partial charge in [-0.2, -0.15) is 0 Å². The van der Waals surface area contributed by atoms with Gasteiger partial charge in [-0.05, 0) is 49.1 Å². The zero-order valence-electron chi connectivity index (χ0n) is 29.1. The van der Waals surface area contributed by atoms with Gasteiger partial charge in [-0.3, -0.25) is 0 Å². The van der Waals surface area contributed by atoms with Crippen LogP contribution in [0.2, 0.25) is 0 Å². The third-order valence-electron chi connectivity index (χ3n) is 8.87. The zero-order valence-corrected chi connectivity index (χ0v) is 29.1. The van der Waals surface area contributed by atoms with E-state index in [-0.39, 0.29) is 22.6 Å². The number of methoxy groups -OCH3 is 1. The van der Waals surface area contributed by atoms with Crippen molar-refractivity contribution in [3.63, 3.8) is 0 Å². The number of aliphatic hydroxyl groups is 3. The van der Waals surface area contributed by atoms with Crippen LogP contribution >= 0.6 is 0 Å². The predicted molar refractivity (Wildman–Crippen MR) is 182 cm³/mol. The average molecular weight is 705 g/mol. The van der Waals surface area contributed by atoms with Crippen molar-refractivity contribution in [1.29, 1.82) is 0 Å². The van der Waals surface area contributed by atoms with Gasteiger partial charge in [0.1, 0.15) is 52.4 Å². The molecule has 1 saturated heterocycles. The first-order valence-corrected chi connectivity index (χ1v) is 17.5. The van der Waals surface area contributed by atoms with Crippen LogP contribution < -0.4 is 9.47 Å². The third-order valence-corrected chi connectivity index (χ3v) is 8.87. The van der Waals surface area contributed by atoms with Crippen LogP contribution in [0.4, 0.5) is 0 Å². The molecule has 0 aromatic heterocycles. The highest BCUT2D eigenvalue weighted by Gasteiger charge is 2.49. The topological polar surface area (TPSA) is 210 Å². The lowest BCUT2D eigenvalue weighted by atomic mass is 9.98. The molecule has 1 aliphatic rings. The molecule has 1 aliphatic heterocycles. The zero-order chi connectivity index (χ0) is 36.8. The second kappa shape index (κ2) is 20.1. The van der Waals surface area contributed by atoms with Crippen LogP contribution in [0.3, 0.4) is 0 Å². The minimum atomic E-state index is -1.89. The van der Waals surface area contributed by atoms with Gasteiger partial charge in [0.2, 0.25) is 6.29 Å². The Morgan fingerprint density at radius 2 is 1.30 bits per heavy atom. The molecule has 1 fully saturated rings. The van der Waals surface area contributed by atoms with Gasteiger partial charge in [-0.15, -0.1) is 0 Å². The van der Waals surface area contributed by atoms with E-state index in [4.69, 9.17) is 14.2 Å². The molecule has 0 bridgehead atoms. The van der Waals surface area contributed by atoms with Crippen LogP contribution in [0, 0.1) is 6.92 Å². The van der Waals surface area contributed by atoms with E-state index in [0.29, 0.717) is 12.0 Å². The minimum absolute atomic E-state index is 0.106. The molecule has 0 spiro atoms. The van der Waals surface area contributed by atoms with E-state index in [1.807, 2.05) is 0 Å². The number of phenols is 2. The van der Waals surface area contributed by atoms with Crippen molar-refractivity contribution in [3.05, 3.63) is 46.5 Å². The molecule has 13 heteroatoms. The number of aromatic hydroxyl groups is 2. The maximum absolute atomic E-state index is 13.4. The third kappa shape index (κ3) is 11.3. The van der Waals surface area contributed by atoms with Crippen molar-refractivity contribution >= 4 is 17.9 Å². The molecule has 50 heavy (non-hydrogen) atoms. The van der Waals surface area contributed by atoms with Crippen molar-refractivity contribution in [2.75, 3.05) is 7.11 Å². The average Bonchev–Trinajstić information content (AvgIpc) is 3.06. The SMILES string of the molecule is CCCCCCCCCCCCCCCc1cc(O)c(C(=O)Oc2cc(C)c(C(=O)O)c(O)c2)c(OC2OC(C(=O)OC)C(O)C(O)C2O)c1. The summed E-state index contributed by atoms with van der Waals surface area (Å²) in [6.45, 7) is 3.62. The Hall–Kier alpha value is -3.91. The van der Waals surface area contributed by atoms with E-state index in [0.717, 1.165) is 38.9 Å². The molecule has 2 aromatic carbocycles. The molecule has 13 nitrogen and oxygen atoms in total. The summed E-state index contributed by atoms with van der Waals surface area (Å²) in [5.41, 5.74) is -0.204. The van der Waals surface area contributed by atoms with Crippen LogP contribution in [0.25, 0.3) is 0 Å². The molecule has 2 aromatic rings. The maximum Gasteiger partial charge on any atom is 0.351 e. The second-order valence-electron chi connectivity index (χ2n) is 12.8. The largest absolute Gasteiger partial charge is 0.507 e. The fourth-order valence-corrected chi connectivity index (χ4v) is 6.06. The first kappa shape index (κ1) is 40.5. The van der Waals surface area contributed by atoms with Crippen LogP contribution in [0.5, 0.6) is 23.0 Å². The van der Waals surface area contributed by atoms with E-state index >= 15 is 0 Å². The molecule has 5 atom stereocenters. The highest BCUT2D eigenvalue weighted by atomic mass is 16.7. The molecule has 278 valence electrons. The molecule has 0 radical (unpaired) electrons. The fraction of sp³-hybridized carbons (Fsp3) is 0.595. The van der Waals surface area contributed by atoms with Crippen LogP contribution in [0.1, 0.15) is 122 Å². The number of carboxylic acid groups (broad SMARTS) is 1. The highest BCUT2D eigenvalue weighted by molar-refractivity contribution is 5.97. The molecule has 6 N–H and O–H groups in total. The number of hydrogen-bond donors (Lipinski definition) is 6. The van der Waals surface area contributed by atoms with Crippen molar-refractivity contribution in [1.82, 2.24) is 0 Å². The van der Waals surface area contributed by atoms with Gasteiger partial charge in [0, 0.05) is 6.07 Å². The first-order valence-electron chi connectivity index (χ1n) is 17.5. The van der Waals surface area contributed by atoms with Crippen molar-refractivity contribution in [3.8, 4) is 23.0 Å². The number of aryl methyl sites for hydroxylation is 2. The van der Waals surface area contributed by atoms with Crippen LogP contribution in [-0.4, -0.2) is 86.4 Å². The number of carbonyl (C=O) groups is 3. The summed E-state index contributed by atoms with van der Waals surface area (Å²) >= 11 is 0. The monoisotopic (exact) mass is 704 g/mol. The number of rotatable bonds is 20. The Balaban J connectivity index is 1.73. The summed E-state index contributed by atoms with van der Waals surface area (Å²) in [6, 6.07) is 4.96. The number of ether oxygens (including phenoxy) is 4. The molecular weight excluding hydrogens is 652 g/mol. The molecule has 1 heterocycles. The van der Waals surface area contributed by atoms with E-state index < -0.39 is 65.7 Å². The van der Waals surface area contributed by atoms with Gasteiger partial charge in [-0.1, -0.05) is 84.0 Å². The smallest absolute Gasteiger partial charge is 0.351 e. The number of carbonyl (C=O) groups excluding carboxylic acids is 2. The second-order valence-corrected chi connectivity index (χ2v) is 12.8. The fourth-order valence-electron chi connectivity index (χ4n) is 6.06. The summed E-state index contributed by atoms with van der Waals surface area (Å²) in [6.07, 6.45) is 6.67. The minimum Gasteiger partial charge on any atom is -0.507 e. The quantitative estimate of drug-likeness (QED) is 0.0587. The molecule has 0 aliphatic carbocycles. The van der Waals surface area contributed by atoms with E-state index in [1.54, 1.807) is 0 Å². The van der Waals surface area contributed by atoms with Gasteiger partial charge in [0.15, 0.2) is 6.10 Å². The molecule has 3 rings (SSSR count).